The maximum Gasteiger partial charge on any atom is 0.242 e. The van der Waals surface area contributed by atoms with Crippen molar-refractivity contribution >= 4 is 18.3 Å². The maximum absolute atomic E-state index is 11.8. The smallest absolute Gasteiger partial charge is 0.242 e. The summed E-state index contributed by atoms with van der Waals surface area (Å²) in [6.45, 7) is 2.92. The van der Waals surface area contributed by atoms with Gasteiger partial charge in [0.15, 0.2) is 0 Å². The van der Waals surface area contributed by atoms with Crippen molar-refractivity contribution in [3.05, 3.63) is 0 Å². The van der Waals surface area contributed by atoms with Crippen LogP contribution in [0.2, 0.25) is 0 Å². The summed E-state index contributed by atoms with van der Waals surface area (Å²) in [4.78, 5) is 13.5. The molecule has 0 saturated carbocycles. The lowest BCUT2D eigenvalue weighted by molar-refractivity contribution is -0.134. The van der Waals surface area contributed by atoms with Crippen molar-refractivity contribution in [1.29, 1.82) is 0 Å². The Morgan fingerprint density at radius 3 is 2.67 bits per heavy atom. The number of ether oxygens (including phenoxy) is 1. The molecule has 0 spiro atoms. The average molecular weight is 238 g/mol. The van der Waals surface area contributed by atoms with Crippen LogP contribution in [0.4, 0.5) is 0 Å². The average Bonchev–Trinajstić information content (AvgIpc) is 2.47. The van der Waals surface area contributed by atoms with Crippen LogP contribution in [0.5, 0.6) is 0 Å². The Bertz CT molecular complexity index is 216. The third-order valence-electron chi connectivity index (χ3n) is 2.76. The molecule has 0 aromatic rings. The molecular formula is C9H20ClN3O2. The molecule has 0 aliphatic carbocycles. The number of amides is 1. The molecule has 0 aromatic heterocycles. The van der Waals surface area contributed by atoms with E-state index in [0.29, 0.717) is 6.54 Å². The minimum Gasteiger partial charge on any atom is -0.383 e. The minimum atomic E-state index is -0.562. The number of hydrogen-bond acceptors (Lipinski definition) is 4. The standard InChI is InChI=1S/C9H19N3O2.ClH/c1-6-7(10)3-4-12(6)9(13)8(11)5-14-2;/h6-8H,3-5,10-11H2,1-2H3;1H. The van der Waals surface area contributed by atoms with Gasteiger partial charge in [-0.05, 0) is 13.3 Å². The van der Waals surface area contributed by atoms with Gasteiger partial charge in [-0.2, -0.15) is 0 Å². The predicted molar refractivity (Wildman–Crippen MR) is 60.9 cm³/mol. The van der Waals surface area contributed by atoms with Crippen LogP contribution >= 0.6 is 12.4 Å². The second kappa shape index (κ2) is 6.27. The molecule has 3 atom stereocenters. The van der Waals surface area contributed by atoms with Gasteiger partial charge in [-0.3, -0.25) is 4.79 Å². The van der Waals surface area contributed by atoms with Gasteiger partial charge in [0.05, 0.1) is 6.61 Å². The van der Waals surface area contributed by atoms with E-state index in [9.17, 15) is 4.79 Å². The highest BCUT2D eigenvalue weighted by molar-refractivity contribution is 5.85. The molecule has 6 heteroatoms. The molecule has 1 saturated heterocycles. The zero-order chi connectivity index (χ0) is 10.7. The van der Waals surface area contributed by atoms with Gasteiger partial charge >= 0.3 is 0 Å². The summed E-state index contributed by atoms with van der Waals surface area (Å²) < 4.78 is 4.84. The first-order chi connectivity index (χ1) is 6.57. The summed E-state index contributed by atoms with van der Waals surface area (Å²) in [6.07, 6.45) is 0.854. The molecule has 0 radical (unpaired) electrons. The third kappa shape index (κ3) is 3.31. The van der Waals surface area contributed by atoms with E-state index in [2.05, 4.69) is 0 Å². The van der Waals surface area contributed by atoms with Crippen LogP contribution in [-0.4, -0.2) is 49.2 Å². The lowest BCUT2D eigenvalue weighted by Crippen LogP contribution is -2.49. The van der Waals surface area contributed by atoms with Gasteiger partial charge in [0, 0.05) is 25.7 Å². The van der Waals surface area contributed by atoms with E-state index < -0.39 is 6.04 Å². The van der Waals surface area contributed by atoms with E-state index in [4.69, 9.17) is 16.2 Å². The number of carbonyl (C=O) groups excluding carboxylic acids is 1. The molecule has 3 unspecified atom stereocenters. The van der Waals surface area contributed by atoms with Crippen molar-refractivity contribution in [2.24, 2.45) is 11.5 Å². The summed E-state index contributed by atoms with van der Waals surface area (Å²) in [5, 5.41) is 0. The molecule has 15 heavy (non-hydrogen) atoms. The topological polar surface area (TPSA) is 81.6 Å². The number of likely N-dealkylation sites (tertiary alicyclic amines) is 1. The minimum absolute atomic E-state index is 0. The Morgan fingerprint density at radius 1 is 1.67 bits per heavy atom. The van der Waals surface area contributed by atoms with Gasteiger partial charge in [0.25, 0.3) is 0 Å². The van der Waals surface area contributed by atoms with Crippen molar-refractivity contribution in [3.63, 3.8) is 0 Å². The Balaban J connectivity index is 0.00000196. The molecule has 5 nitrogen and oxygen atoms in total. The molecule has 1 heterocycles. The second-order valence-electron chi connectivity index (χ2n) is 3.79. The number of nitrogens with zero attached hydrogens (tertiary/aromatic N) is 1. The fourth-order valence-corrected chi connectivity index (χ4v) is 1.74. The van der Waals surface area contributed by atoms with Crippen molar-refractivity contribution < 1.29 is 9.53 Å². The number of carbonyl (C=O) groups is 1. The third-order valence-corrected chi connectivity index (χ3v) is 2.76. The van der Waals surface area contributed by atoms with Crippen LogP contribution < -0.4 is 11.5 Å². The largest absolute Gasteiger partial charge is 0.383 e. The lowest BCUT2D eigenvalue weighted by Gasteiger charge is -2.25. The van der Waals surface area contributed by atoms with E-state index in [0.717, 1.165) is 6.42 Å². The second-order valence-corrected chi connectivity index (χ2v) is 3.79. The summed E-state index contributed by atoms with van der Waals surface area (Å²) in [5.41, 5.74) is 11.5. The first-order valence-corrected chi connectivity index (χ1v) is 4.88. The van der Waals surface area contributed by atoms with Gasteiger partial charge in [-0.1, -0.05) is 0 Å². The molecule has 1 fully saturated rings. The number of nitrogens with two attached hydrogens (primary N) is 2. The zero-order valence-electron chi connectivity index (χ0n) is 9.18. The van der Waals surface area contributed by atoms with Gasteiger partial charge in [0.2, 0.25) is 5.91 Å². The highest BCUT2D eigenvalue weighted by Gasteiger charge is 2.33. The fourth-order valence-electron chi connectivity index (χ4n) is 1.74. The predicted octanol–water partition coefficient (Wildman–Crippen LogP) is -0.670. The number of rotatable bonds is 3. The van der Waals surface area contributed by atoms with Crippen LogP contribution in [0.25, 0.3) is 0 Å². The van der Waals surface area contributed by atoms with Gasteiger partial charge in [-0.15, -0.1) is 12.4 Å². The molecule has 4 N–H and O–H groups in total. The molecule has 1 rings (SSSR count). The molecule has 1 aliphatic heterocycles. The van der Waals surface area contributed by atoms with Crippen molar-refractivity contribution in [2.75, 3.05) is 20.3 Å². The number of methoxy groups -OCH3 is 1. The van der Waals surface area contributed by atoms with Gasteiger partial charge in [-0.25, -0.2) is 0 Å². The summed E-state index contributed by atoms with van der Waals surface area (Å²) in [6, 6.07) is -0.396. The summed E-state index contributed by atoms with van der Waals surface area (Å²) >= 11 is 0. The molecule has 1 amide bonds. The van der Waals surface area contributed by atoms with Crippen molar-refractivity contribution in [1.82, 2.24) is 4.90 Å². The van der Waals surface area contributed by atoms with E-state index >= 15 is 0 Å². The highest BCUT2D eigenvalue weighted by atomic mass is 35.5. The first kappa shape index (κ1) is 14.6. The first-order valence-electron chi connectivity index (χ1n) is 4.88. The van der Waals surface area contributed by atoms with E-state index in [1.54, 1.807) is 4.90 Å². The van der Waals surface area contributed by atoms with Crippen molar-refractivity contribution in [2.45, 2.75) is 31.5 Å². The molecule has 90 valence electrons. The normalized spacial score (nSPS) is 27.3. The zero-order valence-corrected chi connectivity index (χ0v) is 10.00. The van der Waals surface area contributed by atoms with Crippen LogP contribution in [0.3, 0.4) is 0 Å². The van der Waals surface area contributed by atoms with E-state index in [-0.39, 0.29) is 37.0 Å². The molecule has 0 bridgehead atoms. The van der Waals surface area contributed by atoms with Gasteiger partial charge < -0.3 is 21.1 Å². The monoisotopic (exact) mass is 237 g/mol. The highest BCUT2D eigenvalue weighted by Crippen LogP contribution is 2.16. The number of hydrogen-bond donors (Lipinski definition) is 2. The number of halogens is 1. The van der Waals surface area contributed by atoms with Crippen LogP contribution in [0.1, 0.15) is 13.3 Å². The Hall–Kier alpha value is -0.360. The van der Waals surface area contributed by atoms with E-state index in [1.807, 2.05) is 6.92 Å². The van der Waals surface area contributed by atoms with Crippen LogP contribution in [-0.2, 0) is 9.53 Å². The fraction of sp³-hybridized carbons (Fsp3) is 0.889. The summed E-state index contributed by atoms with van der Waals surface area (Å²) in [5.74, 6) is -0.0627. The molecule has 0 aromatic carbocycles. The van der Waals surface area contributed by atoms with Crippen LogP contribution in [0.15, 0.2) is 0 Å². The Kier molecular flexibility index (Phi) is 6.12. The van der Waals surface area contributed by atoms with Crippen molar-refractivity contribution in [3.8, 4) is 0 Å². The lowest BCUT2D eigenvalue weighted by atomic mass is 10.1. The van der Waals surface area contributed by atoms with E-state index in [1.165, 1.54) is 7.11 Å². The maximum atomic E-state index is 11.8. The van der Waals surface area contributed by atoms with Crippen LogP contribution in [0, 0.1) is 0 Å². The Morgan fingerprint density at radius 2 is 2.27 bits per heavy atom. The molecule has 1 aliphatic rings. The Labute approximate surface area is 96.5 Å². The summed E-state index contributed by atoms with van der Waals surface area (Å²) in [7, 11) is 1.53. The molecular weight excluding hydrogens is 218 g/mol. The van der Waals surface area contributed by atoms with Gasteiger partial charge in [0.1, 0.15) is 6.04 Å². The SMILES string of the molecule is COCC(N)C(=O)N1CCC(N)C1C.Cl. The quantitative estimate of drug-likeness (QED) is 0.682.